The van der Waals surface area contributed by atoms with Crippen molar-refractivity contribution in [1.82, 2.24) is 0 Å². The molecule has 0 unspecified atom stereocenters. The first-order valence-corrected chi connectivity index (χ1v) is 9.32. The minimum absolute atomic E-state index is 0.0163. The quantitative estimate of drug-likeness (QED) is 0.509. The van der Waals surface area contributed by atoms with E-state index in [2.05, 4.69) is 10.3 Å². The molecule has 0 aromatic heterocycles. The Hall–Kier alpha value is -3.55. The van der Waals surface area contributed by atoms with E-state index in [0.29, 0.717) is 41.3 Å². The zero-order valence-electron chi connectivity index (χ0n) is 17.1. The van der Waals surface area contributed by atoms with Gasteiger partial charge < -0.3 is 25.3 Å². The van der Waals surface area contributed by atoms with E-state index in [4.69, 9.17) is 19.9 Å². The van der Waals surface area contributed by atoms with Crippen LogP contribution in [0.5, 0.6) is 17.2 Å². The van der Waals surface area contributed by atoms with Crippen molar-refractivity contribution in [3.05, 3.63) is 60.1 Å². The third-order valence-corrected chi connectivity index (χ3v) is 4.95. The first-order chi connectivity index (χ1) is 14.4. The smallest absolute Gasteiger partial charge is 0.258 e. The molecule has 30 heavy (non-hydrogen) atoms. The molecule has 0 spiro atoms. The number of anilines is 1. The Kier molecular flexibility index (Phi) is 6.25. The zero-order chi connectivity index (χ0) is 21.7. The predicted molar refractivity (Wildman–Crippen MR) is 113 cm³/mol. The second-order valence-electron chi connectivity index (χ2n) is 6.80. The van der Waals surface area contributed by atoms with Crippen LogP contribution in [0.1, 0.15) is 18.4 Å². The number of amidine groups is 1. The predicted octanol–water partition coefficient (Wildman–Crippen LogP) is 3.39. The molecule has 0 bridgehead atoms. The number of ether oxygens (including phenoxy) is 3. The van der Waals surface area contributed by atoms with Gasteiger partial charge >= 0.3 is 0 Å². The van der Waals surface area contributed by atoms with Crippen LogP contribution < -0.4 is 25.3 Å². The molecule has 0 radical (unpaired) electrons. The standard InChI is InChI=1S/C22H24FN3O4/c1-28-17-12-14(13-18(29-2)20(17)30-3)25-11-8-19(24)26-21(27)22(9-10-22)15-6-4-5-7-16(15)23/h4-8,11-13,25H,9-10H2,1-3H3,(H2,24,26,27)/b11-8-. The van der Waals surface area contributed by atoms with Gasteiger partial charge in [-0.1, -0.05) is 18.2 Å². The average Bonchev–Trinajstić information content (AvgIpc) is 3.55. The molecule has 158 valence electrons. The SMILES string of the molecule is COc1cc(N/C=C\C(N)=NC(=O)C2(c3ccccc3F)CC2)cc(OC)c1OC. The highest BCUT2D eigenvalue weighted by Crippen LogP contribution is 2.50. The van der Waals surface area contributed by atoms with Crippen molar-refractivity contribution in [2.24, 2.45) is 10.7 Å². The number of methoxy groups -OCH3 is 3. The number of benzene rings is 2. The lowest BCUT2D eigenvalue weighted by Crippen LogP contribution is -2.23. The largest absolute Gasteiger partial charge is 0.493 e. The van der Waals surface area contributed by atoms with Gasteiger partial charge in [-0.3, -0.25) is 4.79 Å². The first kappa shape index (κ1) is 21.2. The molecule has 2 aromatic carbocycles. The van der Waals surface area contributed by atoms with Crippen LogP contribution in [-0.4, -0.2) is 33.1 Å². The van der Waals surface area contributed by atoms with Crippen LogP contribution in [0.2, 0.25) is 0 Å². The highest BCUT2D eigenvalue weighted by atomic mass is 19.1. The van der Waals surface area contributed by atoms with Crippen LogP contribution in [0.25, 0.3) is 0 Å². The maximum atomic E-state index is 14.1. The van der Waals surface area contributed by atoms with Crippen molar-refractivity contribution in [2.75, 3.05) is 26.6 Å². The molecule has 7 nitrogen and oxygen atoms in total. The number of halogens is 1. The summed E-state index contributed by atoms with van der Waals surface area (Å²) in [7, 11) is 4.57. The number of carbonyl (C=O) groups is 1. The molecule has 3 N–H and O–H groups in total. The second-order valence-corrected chi connectivity index (χ2v) is 6.80. The molecular weight excluding hydrogens is 389 g/mol. The number of amides is 1. The van der Waals surface area contributed by atoms with E-state index in [0.717, 1.165) is 0 Å². The summed E-state index contributed by atoms with van der Waals surface area (Å²) in [4.78, 5) is 16.6. The summed E-state index contributed by atoms with van der Waals surface area (Å²) in [6.07, 6.45) is 4.10. The van der Waals surface area contributed by atoms with E-state index in [1.807, 2.05) is 0 Å². The van der Waals surface area contributed by atoms with E-state index in [9.17, 15) is 9.18 Å². The van der Waals surface area contributed by atoms with Crippen LogP contribution in [0.3, 0.4) is 0 Å². The summed E-state index contributed by atoms with van der Waals surface area (Å²) in [5.74, 6) is 0.626. The molecule has 8 heteroatoms. The van der Waals surface area contributed by atoms with Crippen LogP contribution in [-0.2, 0) is 10.2 Å². The maximum absolute atomic E-state index is 14.1. The van der Waals surface area contributed by atoms with Gasteiger partial charge in [-0.2, -0.15) is 4.99 Å². The van der Waals surface area contributed by atoms with Gasteiger partial charge in [0.25, 0.3) is 5.91 Å². The molecule has 0 heterocycles. The number of hydrogen-bond donors (Lipinski definition) is 2. The summed E-state index contributed by atoms with van der Waals surface area (Å²) in [5, 5.41) is 3.02. The molecule has 3 rings (SSSR count). The summed E-state index contributed by atoms with van der Waals surface area (Å²) in [6, 6.07) is 9.71. The van der Waals surface area contributed by atoms with Crippen LogP contribution >= 0.6 is 0 Å². The van der Waals surface area contributed by atoms with Crippen molar-refractivity contribution in [3.8, 4) is 17.2 Å². The summed E-state index contributed by atoms with van der Waals surface area (Å²) in [6.45, 7) is 0. The minimum Gasteiger partial charge on any atom is -0.493 e. The van der Waals surface area contributed by atoms with Crippen LogP contribution in [0.15, 0.2) is 53.7 Å². The fourth-order valence-electron chi connectivity index (χ4n) is 3.22. The van der Waals surface area contributed by atoms with Gasteiger partial charge in [0.05, 0.1) is 26.7 Å². The zero-order valence-corrected chi connectivity index (χ0v) is 17.1. The van der Waals surface area contributed by atoms with Gasteiger partial charge in [0.15, 0.2) is 11.5 Å². The highest BCUT2D eigenvalue weighted by molar-refractivity contribution is 6.04. The monoisotopic (exact) mass is 413 g/mol. The van der Waals surface area contributed by atoms with Gasteiger partial charge in [0.1, 0.15) is 11.7 Å². The molecule has 0 atom stereocenters. The lowest BCUT2D eigenvalue weighted by Gasteiger charge is -2.14. The average molecular weight is 413 g/mol. The topological polar surface area (TPSA) is 95.2 Å². The number of nitrogens with one attached hydrogen (secondary N) is 1. The van der Waals surface area contributed by atoms with E-state index < -0.39 is 17.1 Å². The van der Waals surface area contributed by atoms with Gasteiger partial charge in [-0.15, -0.1) is 0 Å². The Morgan fingerprint density at radius 1 is 1.13 bits per heavy atom. The number of hydrogen-bond acceptors (Lipinski definition) is 5. The number of nitrogens with zero attached hydrogens (tertiary/aromatic N) is 1. The number of rotatable bonds is 8. The Morgan fingerprint density at radius 2 is 1.77 bits per heavy atom. The van der Waals surface area contributed by atoms with Crippen LogP contribution in [0, 0.1) is 5.82 Å². The third kappa shape index (κ3) is 4.22. The number of carbonyl (C=O) groups excluding carboxylic acids is 1. The number of aliphatic imine (C=N–C) groups is 1. The minimum atomic E-state index is -0.909. The van der Waals surface area contributed by atoms with E-state index >= 15 is 0 Å². The molecule has 1 fully saturated rings. The Morgan fingerprint density at radius 3 is 2.30 bits per heavy atom. The van der Waals surface area contributed by atoms with Gasteiger partial charge in [0, 0.05) is 29.6 Å². The van der Waals surface area contributed by atoms with Crippen molar-refractivity contribution < 1.29 is 23.4 Å². The van der Waals surface area contributed by atoms with E-state index in [-0.39, 0.29) is 5.84 Å². The summed E-state index contributed by atoms with van der Waals surface area (Å²) >= 11 is 0. The molecule has 1 amide bonds. The van der Waals surface area contributed by atoms with Crippen molar-refractivity contribution >= 4 is 17.4 Å². The molecule has 0 saturated heterocycles. The normalized spacial score (nSPS) is 15.0. The van der Waals surface area contributed by atoms with Gasteiger partial charge in [-0.05, 0) is 25.0 Å². The third-order valence-electron chi connectivity index (χ3n) is 4.95. The fourth-order valence-corrected chi connectivity index (χ4v) is 3.22. The summed E-state index contributed by atoms with van der Waals surface area (Å²) in [5.41, 5.74) is 5.99. The number of nitrogens with two attached hydrogens (primary N) is 1. The first-order valence-electron chi connectivity index (χ1n) is 9.32. The van der Waals surface area contributed by atoms with Crippen molar-refractivity contribution in [2.45, 2.75) is 18.3 Å². The van der Waals surface area contributed by atoms with Crippen molar-refractivity contribution in [1.29, 1.82) is 0 Å². The molecule has 1 saturated carbocycles. The Bertz CT molecular complexity index is 975. The molecule has 1 aliphatic rings. The second kappa shape index (κ2) is 8.86. The Balaban J connectivity index is 1.72. The van der Waals surface area contributed by atoms with Crippen LogP contribution in [0.4, 0.5) is 10.1 Å². The van der Waals surface area contributed by atoms with E-state index in [1.54, 1.807) is 30.3 Å². The highest BCUT2D eigenvalue weighted by Gasteiger charge is 2.52. The van der Waals surface area contributed by atoms with Gasteiger partial charge in [0.2, 0.25) is 5.75 Å². The van der Waals surface area contributed by atoms with E-state index in [1.165, 1.54) is 39.7 Å². The molecule has 1 aliphatic carbocycles. The molecule has 2 aromatic rings. The summed E-state index contributed by atoms with van der Waals surface area (Å²) < 4.78 is 30.0. The lowest BCUT2D eigenvalue weighted by molar-refractivity contribution is -0.120. The fraction of sp³-hybridized carbons (Fsp3) is 0.273. The molecular formula is C22H24FN3O4. The lowest BCUT2D eigenvalue weighted by atomic mass is 9.94. The van der Waals surface area contributed by atoms with Gasteiger partial charge in [-0.25, -0.2) is 4.39 Å². The molecule has 0 aliphatic heterocycles. The Labute approximate surface area is 174 Å². The maximum Gasteiger partial charge on any atom is 0.258 e. The van der Waals surface area contributed by atoms with Crippen molar-refractivity contribution in [3.63, 3.8) is 0 Å².